The highest BCUT2D eigenvalue weighted by Crippen LogP contribution is 2.39. The van der Waals surface area contributed by atoms with Crippen LogP contribution in [-0.2, 0) is 10.4 Å². The second-order valence-corrected chi connectivity index (χ2v) is 6.11. The molecule has 1 saturated heterocycles. The summed E-state index contributed by atoms with van der Waals surface area (Å²) in [5.41, 5.74) is -0.678. The first-order valence-electron chi connectivity index (χ1n) is 7.53. The first-order chi connectivity index (χ1) is 10.4. The fraction of sp³-hybridized carbons (Fsp3) is 0.562. The van der Waals surface area contributed by atoms with Crippen molar-refractivity contribution in [3.05, 3.63) is 23.8 Å². The molecule has 6 nitrogen and oxygen atoms in total. The smallest absolute Gasteiger partial charge is 0.223 e. The predicted molar refractivity (Wildman–Crippen MR) is 78.6 cm³/mol. The Morgan fingerprint density at radius 1 is 1.18 bits per heavy atom. The van der Waals surface area contributed by atoms with Crippen molar-refractivity contribution in [3.63, 3.8) is 0 Å². The molecule has 3 rings (SSSR count). The lowest BCUT2D eigenvalue weighted by Gasteiger charge is -2.27. The number of hydrogen-bond acceptors (Lipinski definition) is 5. The van der Waals surface area contributed by atoms with Gasteiger partial charge >= 0.3 is 0 Å². The number of methoxy groups -OCH3 is 1. The second-order valence-electron chi connectivity index (χ2n) is 6.11. The van der Waals surface area contributed by atoms with Crippen molar-refractivity contribution >= 4 is 5.91 Å². The first kappa shape index (κ1) is 15.1. The fourth-order valence-electron chi connectivity index (χ4n) is 3.12. The van der Waals surface area contributed by atoms with Crippen molar-refractivity contribution in [3.8, 4) is 11.5 Å². The van der Waals surface area contributed by atoms with Crippen molar-refractivity contribution in [1.82, 2.24) is 5.32 Å². The molecule has 1 saturated carbocycles. The van der Waals surface area contributed by atoms with Gasteiger partial charge in [-0.15, -0.1) is 0 Å². The van der Waals surface area contributed by atoms with Crippen LogP contribution in [0.25, 0.3) is 0 Å². The topological polar surface area (TPSA) is 88.0 Å². The van der Waals surface area contributed by atoms with Gasteiger partial charge in [0, 0.05) is 12.8 Å². The van der Waals surface area contributed by atoms with E-state index in [9.17, 15) is 15.0 Å². The van der Waals surface area contributed by atoms with E-state index in [0.29, 0.717) is 29.9 Å². The van der Waals surface area contributed by atoms with Gasteiger partial charge in [0.15, 0.2) is 11.5 Å². The van der Waals surface area contributed by atoms with Gasteiger partial charge in [-0.2, -0.15) is 0 Å². The number of carbonyl (C=O) groups excluding carboxylic acids is 1. The minimum absolute atomic E-state index is 0.0169. The van der Waals surface area contributed by atoms with E-state index in [4.69, 9.17) is 9.47 Å². The Balaban J connectivity index is 1.91. The zero-order valence-corrected chi connectivity index (χ0v) is 12.6. The first-order valence-corrected chi connectivity index (χ1v) is 7.53. The number of hydrogen-bond donors (Lipinski definition) is 3. The van der Waals surface area contributed by atoms with E-state index in [1.54, 1.807) is 18.2 Å². The number of aliphatic hydroxyl groups is 2. The Morgan fingerprint density at radius 2 is 1.91 bits per heavy atom. The highest BCUT2D eigenvalue weighted by Gasteiger charge is 2.39. The minimum Gasteiger partial charge on any atom is -0.493 e. The summed E-state index contributed by atoms with van der Waals surface area (Å²) in [6.45, 7) is 0.169. The van der Waals surface area contributed by atoms with Crippen LogP contribution in [0.2, 0.25) is 0 Å². The third-order valence-corrected chi connectivity index (χ3v) is 4.42. The molecule has 6 heteroatoms. The predicted octanol–water partition coefficient (Wildman–Crippen LogP) is 1.04. The lowest BCUT2D eigenvalue weighted by Crippen LogP contribution is -2.32. The van der Waals surface area contributed by atoms with Gasteiger partial charge in [0.25, 0.3) is 0 Å². The largest absolute Gasteiger partial charge is 0.493 e. The molecular weight excluding hydrogens is 286 g/mol. The van der Waals surface area contributed by atoms with E-state index >= 15 is 0 Å². The molecular formula is C16H21NO5. The van der Waals surface area contributed by atoms with Gasteiger partial charge in [0.1, 0.15) is 5.60 Å². The number of carbonyl (C=O) groups is 1. The highest BCUT2D eigenvalue weighted by molar-refractivity contribution is 5.80. The molecule has 0 radical (unpaired) electrons. The quantitative estimate of drug-likeness (QED) is 0.724. The van der Waals surface area contributed by atoms with E-state index in [1.165, 1.54) is 7.11 Å². The van der Waals surface area contributed by atoms with Crippen LogP contribution in [0, 0.1) is 0 Å². The Bertz CT molecular complexity index is 582. The minimum atomic E-state index is -1.25. The maximum Gasteiger partial charge on any atom is 0.223 e. The molecule has 1 aromatic carbocycles. The summed E-state index contributed by atoms with van der Waals surface area (Å²) in [5.74, 6) is -0.490. The molecule has 1 aromatic rings. The van der Waals surface area contributed by atoms with E-state index in [-0.39, 0.29) is 18.9 Å². The lowest BCUT2D eigenvalue weighted by atomic mass is 9.92. The average Bonchev–Trinajstić information content (AvgIpc) is 3.06. The van der Waals surface area contributed by atoms with Crippen molar-refractivity contribution in [2.24, 2.45) is 0 Å². The number of β-amino-alcohol motifs (C(OH)–C–C–N with tert-alkyl or cyclic N) is 1. The van der Waals surface area contributed by atoms with Gasteiger partial charge < -0.3 is 25.0 Å². The third kappa shape index (κ3) is 2.76. The Morgan fingerprint density at radius 3 is 2.50 bits per heavy atom. The molecule has 2 aliphatic rings. The van der Waals surface area contributed by atoms with Crippen LogP contribution < -0.4 is 14.8 Å². The molecule has 1 aliphatic heterocycles. The van der Waals surface area contributed by atoms with Crippen molar-refractivity contribution < 1.29 is 24.5 Å². The molecule has 1 amide bonds. The summed E-state index contributed by atoms with van der Waals surface area (Å²) in [6, 6.07) is 5.05. The van der Waals surface area contributed by atoms with E-state index in [0.717, 1.165) is 12.8 Å². The van der Waals surface area contributed by atoms with Crippen molar-refractivity contribution in [2.75, 3.05) is 13.7 Å². The van der Waals surface area contributed by atoms with Crippen LogP contribution in [0.5, 0.6) is 11.5 Å². The Hall–Kier alpha value is -1.79. The molecule has 1 unspecified atom stereocenters. The summed E-state index contributed by atoms with van der Waals surface area (Å²) < 4.78 is 11.0. The Labute approximate surface area is 129 Å². The fourth-order valence-corrected chi connectivity index (χ4v) is 3.12. The van der Waals surface area contributed by atoms with E-state index in [1.807, 2.05) is 0 Å². The van der Waals surface area contributed by atoms with Gasteiger partial charge in [0.2, 0.25) is 11.7 Å². The molecule has 22 heavy (non-hydrogen) atoms. The summed E-state index contributed by atoms with van der Waals surface area (Å²) in [6.07, 6.45) is 3.00. The molecule has 120 valence electrons. The van der Waals surface area contributed by atoms with Crippen molar-refractivity contribution in [1.29, 1.82) is 0 Å². The third-order valence-electron chi connectivity index (χ3n) is 4.42. The highest BCUT2D eigenvalue weighted by atomic mass is 16.6. The number of rotatable bonds is 4. The average molecular weight is 307 g/mol. The number of ether oxygens (including phenoxy) is 2. The monoisotopic (exact) mass is 307 g/mol. The van der Waals surface area contributed by atoms with E-state index in [2.05, 4.69) is 5.32 Å². The maximum atomic E-state index is 11.4. The summed E-state index contributed by atoms with van der Waals surface area (Å²) in [4.78, 5) is 11.4. The van der Waals surface area contributed by atoms with Crippen LogP contribution in [0.15, 0.2) is 18.2 Å². The summed E-state index contributed by atoms with van der Waals surface area (Å²) in [5, 5.41) is 23.7. The van der Waals surface area contributed by atoms with E-state index < -0.39 is 11.4 Å². The van der Waals surface area contributed by atoms with Gasteiger partial charge in [-0.25, -0.2) is 0 Å². The summed E-state index contributed by atoms with van der Waals surface area (Å²) in [7, 11) is 1.52. The SMILES string of the molecule is COc1ccc(C2(O)CNC(=O)C2)cc1OC1(O)CCCC1. The van der Waals surface area contributed by atoms with Gasteiger partial charge in [-0.05, 0) is 30.5 Å². The molecule has 3 N–H and O–H groups in total. The second kappa shape index (κ2) is 5.44. The molecule has 2 fully saturated rings. The Kier molecular flexibility index (Phi) is 3.74. The summed E-state index contributed by atoms with van der Waals surface area (Å²) >= 11 is 0. The van der Waals surface area contributed by atoms with Crippen LogP contribution in [0.3, 0.4) is 0 Å². The molecule has 0 bridgehead atoms. The van der Waals surface area contributed by atoms with Gasteiger partial charge in [-0.1, -0.05) is 6.07 Å². The zero-order chi connectivity index (χ0) is 15.8. The van der Waals surface area contributed by atoms with Gasteiger partial charge in [-0.3, -0.25) is 4.79 Å². The van der Waals surface area contributed by atoms with Crippen molar-refractivity contribution in [2.45, 2.75) is 43.5 Å². The van der Waals surface area contributed by atoms with Crippen LogP contribution in [0.4, 0.5) is 0 Å². The maximum absolute atomic E-state index is 11.4. The standard InChI is InChI=1S/C16H21NO5/c1-21-12-5-4-11(15(19)9-14(18)17-10-15)8-13(12)22-16(20)6-2-3-7-16/h4-5,8,19-20H,2-3,6-7,9-10H2,1H3,(H,17,18). The molecule has 0 spiro atoms. The molecule has 1 atom stereocenters. The number of amides is 1. The molecule has 1 heterocycles. The number of nitrogens with one attached hydrogen (secondary N) is 1. The number of benzene rings is 1. The molecule has 0 aromatic heterocycles. The van der Waals surface area contributed by atoms with Gasteiger partial charge in [0.05, 0.1) is 20.1 Å². The van der Waals surface area contributed by atoms with Crippen LogP contribution in [0.1, 0.15) is 37.7 Å². The molecule has 1 aliphatic carbocycles. The zero-order valence-electron chi connectivity index (χ0n) is 12.6. The van der Waals surface area contributed by atoms with Crippen LogP contribution >= 0.6 is 0 Å². The van der Waals surface area contributed by atoms with Crippen LogP contribution in [-0.4, -0.2) is 35.6 Å². The normalized spacial score (nSPS) is 26.8. The lowest BCUT2D eigenvalue weighted by molar-refractivity contribution is -0.131.